The van der Waals surface area contributed by atoms with E-state index >= 15 is 0 Å². The van der Waals surface area contributed by atoms with Gasteiger partial charge in [-0.15, -0.1) is 11.6 Å². The number of benzene rings is 1. The summed E-state index contributed by atoms with van der Waals surface area (Å²) in [4.78, 5) is 0.381. The standard InChI is InChI=1S/C27H39ClO3S/c1-19-9-11-24(12-10-19)32(30,31)25(26-22(4)8-7-14-27(26,5)6)18-21(3)17-23(28)16-20(2)13-15-29/h9-13,17,23,25,29H,7-8,14-16,18H2,1-6H3. The molecule has 0 amide bonds. The quantitative estimate of drug-likeness (QED) is 0.309. The molecule has 3 nitrogen and oxygen atoms in total. The lowest BCUT2D eigenvalue weighted by atomic mass is 9.70. The number of allylic oxidation sites excluding steroid dienone is 4. The molecule has 2 unspecified atom stereocenters. The summed E-state index contributed by atoms with van der Waals surface area (Å²) in [6.07, 6.45) is 7.81. The largest absolute Gasteiger partial charge is 0.392 e. The summed E-state index contributed by atoms with van der Waals surface area (Å²) >= 11 is 6.55. The summed E-state index contributed by atoms with van der Waals surface area (Å²) < 4.78 is 27.9. The Morgan fingerprint density at radius 3 is 2.31 bits per heavy atom. The van der Waals surface area contributed by atoms with Gasteiger partial charge in [-0.2, -0.15) is 0 Å². The molecular weight excluding hydrogens is 440 g/mol. The minimum Gasteiger partial charge on any atom is -0.392 e. The predicted octanol–water partition coefficient (Wildman–Crippen LogP) is 6.94. The Morgan fingerprint density at radius 1 is 1.12 bits per heavy atom. The molecule has 0 heterocycles. The van der Waals surface area contributed by atoms with Crippen LogP contribution in [0.3, 0.4) is 0 Å². The van der Waals surface area contributed by atoms with Gasteiger partial charge in [-0.25, -0.2) is 8.42 Å². The Labute approximate surface area is 200 Å². The predicted molar refractivity (Wildman–Crippen MR) is 136 cm³/mol. The van der Waals surface area contributed by atoms with E-state index < -0.39 is 15.1 Å². The fraction of sp³-hybridized carbons (Fsp3) is 0.556. The van der Waals surface area contributed by atoms with E-state index in [1.165, 1.54) is 5.57 Å². The van der Waals surface area contributed by atoms with Crippen molar-refractivity contribution in [1.82, 2.24) is 0 Å². The summed E-state index contributed by atoms with van der Waals surface area (Å²) in [6, 6.07) is 7.20. The van der Waals surface area contributed by atoms with Crippen molar-refractivity contribution in [3.63, 3.8) is 0 Å². The minimum atomic E-state index is -3.57. The molecule has 5 heteroatoms. The zero-order valence-electron chi connectivity index (χ0n) is 20.4. The van der Waals surface area contributed by atoms with E-state index in [0.717, 1.165) is 41.5 Å². The minimum absolute atomic E-state index is 0.00246. The third kappa shape index (κ3) is 6.82. The Morgan fingerprint density at radius 2 is 1.75 bits per heavy atom. The van der Waals surface area contributed by atoms with Crippen molar-refractivity contribution in [2.24, 2.45) is 5.41 Å². The summed E-state index contributed by atoms with van der Waals surface area (Å²) in [5.74, 6) is 0. The second-order valence-corrected chi connectivity index (χ2v) is 12.6. The monoisotopic (exact) mass is 478 g/mol. The highest BCUT2D eigenvalue weighted by atomic mass is 35.5. The van der Waals surface area contributed by atoms with Crippen LogP contribution < -0.4 is 0 Å². The maximum Gasteiger partial charge on any atom is 0.185 e. The van der Waals surface area contributed by atoms with Crippen LogP contribution in [0.2, 0.25) is 0 Å². The second-order valence-electron chi connectivity index (χ2n) is 9.95. The maximum atomic E-state index is 13.9. The van der Waals surface area contributed by atoms with Crippen LogP contribution in [-0.4, -0.2) is 30.8 Å². The molecule has 1 aromatic rings. The Balaban J connectivity index is 2.49. The van der Waals surface area contributed by atoms with Crippen molar-refractivity contribution in [2.75, 3.05) is 6.61 Å². The molecule has 32 heavy (non-hydrogen) atoms. The van der Waals surface area contributed by atoms with Gasteiger partial charge in [0.15, 0.2) is 9.84 Å². The van der Waals surface area contributed by atoms with Crippen LogP contribution in [-0.2, 0) is 9.84 Å². The average molecular weight is 479 g/mol. The van der Waals surface area contributed by atoms with Crippen molar-refractivity contribution in [2.45, 2.75) is 89.2 Å². The highest BCUT2D eigenvalue weighted by molar-refractivity contribution is 7.92. The topological polar surface area (TPSA) is 54.4 Å². The zero-order valence-corrected chi connectivity index (χ0v) is 22.0. The number of alkyl halides is 1. The third-order valence-corrected chi connectivity index (χ3v) is 8.88. The van der Waals surface area contributed by atoms with Crippen molar-refractivity contribution in [3.05, 3.63) is 64.3 Å². The Bertz CT molecular complexity index is 982. The number of aryl methyl sites for hydroxylation is 1. The summed E-state index contributed by atoms with van der Waals surface area (Å²) in [7, 11) is -3.57. The Hall–Kier alpha value is -1.36. The number of aliphatic hydroxyl groups is 1. The molecule has 2 rings (SSSR count). The molecule has 0 radical (unpaired) electrons. The number of sulfone groups is 1. The zero-order chi connectivity index (χ0) is 24.1. The number of aliphatic hydroxyl groups excluding tert-OH is 1. The van der Waals surface area contributed by atoms with Gasteiger partial charge < -0.3 is 5.11 Å². The molecule has 1 aliphatic rings. The summed E-state index contributed by atoms with van der Waals surface area (Å²) in [5.41, 5.74) is 5.16. The van der Waals surface area contributed by atoms with Gasteiger partial charge >= 0.3 is 0 Å². The van der Waals surface area contributed by atoms with Gasteiger partial charge in [0.2, 0.25) is 0 Å². The molecule has 0 aromatic heterocycles. The normalized spacial score (nSPS) is 19.8. The van der Waals surface area contributed by atoms with Gasteiger partial charge in [-0.05, 0) is 82.9 Å². The van der Waals surface area contributed by atoms with Gasteiger partial charge in [0.1, 0.15) is 0 Å². The number of rotatable bonds is 9. The first-order valence-corrected chi connectivity index (χ1v) is 13.5. The van der Waals surface area contributed by atoms with Crippen molar-refractivity contribution >= 4 is 21.4 Å². The van der Waals surface area contributed by atoms with Crippen LogP contribution in [0, 0.1) is 12.3 Å². The van der Waals surface area contributed by atoms with Gasteiger partial charge in [0.05, 0.1) is 22.1 Å². The maximum absolute atomic E-state index is 13.9. The number of halogens is 1. The van der Waals surface area contributed by atoms with E-state index in [1.54, 1.807) is 18.2 Å². The van der Waals surface area contributed by atoms with Crippen molar-refractivity contribution in [3.8, 4) is 0 Å². The molecule has 1 aromatic carbocycles. The molecule has 0 aliphatic heterocycles. The van der Waals surface area contributed by atoms with Crippen LogP contribution in [0.5, 0.6) is 0 Å². The van der Waals surface area contributed by atoms with Gasteiger partial charge in [-0.3, -0.25) is 0 Å². The first-order chi connectivity index (χ1) is 14.9. The van der Waals surface area contributed by atoms with E-state index in [2.05, 4.69) is 20.8 Å². The van der Waals surface area contributed by atoms with E-state index in [0.29, 0.717) is 17.7 Å². The smallest absolute Gasteiger partial charge is 0.185 e. The third-order valence-electron chi connectivity index (χ3n) is 6.52. The van der Waals surface area contributed by atoms with E-state index in [-0.39, 0.29) is 17.4 Å². The van der Waals surface area contributed by atoms with Crippen LogP contribution >= 0.6 is 11.6 Å². The lowest BCUT2D eigenvalue weighted by Crippen LogP contribution is -2.35. The molecule has 1 N–H and O–H groups in total. The van der Waals surface area contributed by atoms with Crippen LogP contribution in [0.25, 0.3) is 0 Å². The molecule has 0 saturated heterocycles. The lowest BCUT2D eigenvalue weighted by Gasteiger charge is -2.39. The molecule has 0 bridgehead atoms. The number of hydrogen-bond donors (Lipinski definition) is 1. The SMILES string of the molecule is CC(=CCO)CC(Cl)C=C(C)CC(C1=C(C)CCCC1(C)C)S(=O)(=O)c1ccc(C)cc1. The molecule has 1 aliphatic carbocycles. The molecule has 2 atom stereocenters. The highest BCUT2D eigenvalue weighted by Crippen LogP contribution is 2.46. The molecular formula is C27H39ClO3S. The van der Waals surface area contributed by atoms with Crippen LogP contribution in [0.4, 0.5) is 0 Å². The van der Waals surface area contributed by atoms with Gasteiger partial charge in [0.25, 0.3) is 0 Å². The summed E-state index contributed by atoms with van der Waals surface area (Å²) in [5, 5.41) is 8.23. The summed E-state index contributed by atoms with van der Waals surface area (Å²) in [6.45, 7) is 12.3. The molecule has 0 saturated carbocycles. The van der Waals surface area contributed by atoms with Gasteiger partial charge in [0, 0.05) is 0 Å². The molecule has 0 spiro atoms. The van der Waals surface area contributed by atoms with Gasteiger partial charge in [-0.1, -0.05) is 60.4 Å². The highest BCUT2D eigenvalue weighted by Gasteiger charge is 2.40. The van der Waals surface area contributed by atoms with Crippen LogP contribution in [0.15, 0.2) is 63.6 Å². The fourth-order valence-electron chi connectivity index (χ4n) is 4.89. The molecule has 0 fully saturated rings. The molecule has 178 valence electrons. The lowest BCUT2D eigenvalue weighted by molar-refractivity contribution is 0.341. The van der Waals surface area contributed by atoms with E-state index in [1.807, 2.05) is 39.0 Å². The fourth-order valence-corrected chi connectivity index (χ4v) is 7.50. The second kappa shape index (κ2) is 11.2. The first kappa shape index (κ1) is 26.9. The van der Waals surface area contributed by atoms with E-state index in [9.17, 15) is 8.42 Å². The van der Waals surface area contributed by atoms with Crippen molar-refractivity contribution in [1.29, 1.82) is 0 Å². The Kier molecular flexibility index (Phi) is 9.39. The first-order valence-electron chi connectivity index (χ1n) is 11.5. The van der Waals surface area contributed by atoms with E-state index in [4.69, 9.17) is 16.7 Å². The number of hydrogen-bond acceptors (Lipinski definition) is 3. The van der Waals surface area contributed by atoms with Crippen molar-refractivity contribution < 1.29 is 13.5 Å². The van der Waals surface area contributed by atoms with Crippen LogP contribution in [0.1, 0.15) is 72.3 Å². The average Bonchev–Trinajstić information content (AvgIpc) is 2.66.